The number of rotatable bonds is 5. The smallest absolute Gasteiger partial charge is 0.0185 e. The molecule has 2 heteroatoms. The van der Waals surface area contributed by atoms with Crippen LogP contribution in [0, 0.1) is 0 Å². The van der Waals surface area contributed by atoms with E-state index in [0.717, 1.165) is 0 Å². The first kappa shape index (κ1) is 13.8. The van der Waals surface area contributed by atoms with Crippen molar-refractivity contribution in [1.82, 2.24) is 0 Å². The molecule has 0 heterocycles. The maximum absolute atomic E-state index is 3.85. The van der Waals surface area contributed by atoms with Crippen LogP contribution in [-0.4, -0.2) is 26.7 Å². The van der Waals surface area contributed by atoms with E-state index in [-0.39, 0.29) is 15.8 Å². The predicted molar refractivity (Wildman–Crippen MR) is 74.1 cm³/mol. The number of hydrogen-bond donors (Lipinski definition) is 0. The Labute approximate surface area is 91.0 Å². The minimum Gasteiger partial charge on any atom is -0.0984 e. The number of allylic oxidation sites excluding steroid dienone is 4. The predicted octanol–water partition coefficient (Wildman–Crippen LogP) is 4.61. The molecule has 0 fully saturated rings. The van der Waals surface area contributed by atoms with Crippen LogP contribution in [0.4, 0.5) is 0 Å². The summed E-state index contributed by atoms with van der Waals surface area (Å²) in [5.41, 5.74) is 2.46. The fourth-order valence-corrected chi connectivity index (χ4v) is 2.67. The molecule has 0 N–H and O–H groups in total. The van der Waals surface area contributed by atoms with Gasteiger partial charge < -0.3 is 0 Å². The van der Waals surface area contributed by atoms with E-state index in [0.29, 0.717) is 0 Å². The van der Waals surface area contributed by atoms with E-state index < -0.39 is 0 Å². The lowest BCUT2D eigenvalue weighted by Gasteiger charge is -2.07. The molecule has 0 rings (SSSR count). The van der Waals surface area contributed by atoms with Gasteiger partial charge >= 0.3 is 0 Å². The van der Waals surface area contributed by atoms with Gasteiger partial charge in [0.1, 0.15) is 0 Å². The summed E-state index contributed by atoms with van der Waals surface area (Å²) in [5.74, 6) is 4.57. The molecule has 14 heavy (non-hydrogen) atoms. The van der Waals surface area contributed by atoms with Gasteiger partial charge in [0.2, 0.25) is 0 Å². The quantitative estimate of drug-likeness (QED) is 0.474. The second-order valence-corrected chi connectivity index (χ2v) is 7.88. The fraction of sp³-hybridized carbons (Fsp3) is 0.333. The van der Waals surface area contributed by atoms with Crippen LogP contribution in [0.25, 0.3) is 0 Å². The van der Waals surface area contributed by atoms with Crippen molar-refractivity contribution in [2.75, 3.05) is 26.7 Å². The van der Waals surface area contributed by atoms with Gasteiger partial charge in [-0.2, -0.15) is 0 Å². The van der Waals surface area contributed by atoms with Crippen LogP contribution in [0.3, 0.4) is 0 Å². The lowest BCUT2D eigenvalue weighted by molar-refractivity contribution is 1.60. The third-order valence-electron chi connectivity index (χ3n) is 1.57. The van der Waals surface area contributed by atoms with E-state index in [4.69, 9.17) is 0 Å². The summed E-state index contributed by atoms with van der Waals surface area (Å²) < 4.78 is 0. The Kier molecular flexibility index (Phi) is 7.06. The van der Waals surface area contributed by atoms with E-state index in [1.165, 1.54) is 11.1 Å². The summed E-state index contributed by atoms with van der Waals surface area (Å²) in [6.07, 6.45) is 3.85. The minimum atomic E-state index is -0.0235. The van der Waals surface area contributed by atoms with Gasteiger partial charge in [-0.15, -0.1) is 0 Å². The van der Waals surface area contributed by atoms with Crippen molar-refractivity contribution in [3.8, 4) is 0 Å². The first-order valence-corrected chi connectivity index (χ1v) is 9.14. The van der Waals surface area contributed by atoms with E-state index in [1.807, 2.05) is 12.2 Å². The van der Waals surface area contributed by atoms with Crippen LogP contribution >= 0.6 is 15.8 Å². The molecule has 0 spiro atoms. The van der Waals surface area contributed by atoms with Crippen molar-refractivity contribution in [2.45, 2.75) is 0 Å². The molecule has 0 aromatic carbocycles. The Morgan fingerprint density at radius 3 is 1.21 bits per heavy atom. The highest BCUT2D eigenvalue weighted by atomic mass is 31.1. The molecular formula is C12H20P2. The van der Waals surface area contributed by atoms with Gasteiger partial charge in [-0.1, -0.05) is 52.8 Å². The van der Waals surface area contributed by atoms with Gasteiger partial charge in [-0.25, -0.2) is 0 Å². The van der Waals surface area contributed by atoms with E-state index in [1.54, 1.807) is 0 Å². The molecule has 78 valence electrons. The molecule has 0 aromatic heterocycles. The van der Waals surface area contributed by atoms with Crippen LogP contribution in [0.2, 0.25) is 0 Å². The van der Waals surface area contributed by atoms with E-state index in [9.17, 15) is 0 Å². The third kappa shape index (κ3) is 5.53. The molecule has 0 aliphatic heterocycles. The Morgan fingerprint density at radius 1 is 0.786 bits per heavy atom. The topological polar surface area (TPSA) is 0 Å². The maximum Gasteiger partial charge on any atom is -0.0185 e. The molecule has 0 amide bonds. The van der Waals surface area contributed by atoms with E-state index >= 15 is 0 Å². The van der Waals surface area contributed by atoms with Crippen LogP contribution in [0.5, 0.6) is 0 Å². The van der Waals surface area contributed by atoms with Crippen LogP contribution < -0.4 is 0 Å². The Hall–Kier alpha value is -0.180. The summed E-state index contributed by atoms with van der Waals surface area (Å²) >= 11 is 0. The lowest BCUT2D eigenvalue weighted by Crippen LogP contribution is -1.82. The monoisotopic (exact) mass is 226 g/mol. The summed E-state index contributed by atoms with van der Waals surface area (Å²) in [6, 6.07) is 0. The van der Waals surface area contributed by atoms with Gasteiger partial charge in [-0.05, 0) is 37.8 Å². The third-order valence-corrected chi connectivity index (χ3v) is 3.16. The van der Waals surface area contributed by atoms with Crippen LogP contribution in [-0.2, 0) is 0 Å². The van der Waals surface area contributed by atoms with Crippen molar-refractivity contribution in [3.63, 3.8) is 0 Å². The van der Waals surface area contributed by atoms with Crippen LogP contribution in [0.15, 0.2) is 48.1 Å². The summed E-state index contributed by atoms with van der Waals surface area (Å²) in [7, 11) is -0.0470. The molecule has 0 bridgehead atoms. The van der Waals surface area contributed by atoms with Crippen molar-refractivity contribution < 1.29 is 0 Å². The zero-order valence-electron chi connectivity index (χ0n) is 9.62. The average molecular weight is 226 g/mol. The average Bonchev–Trinajstić information content (AvgIpc) is 2.10. The maximum atomic E-state index is 3.85. The standard InChI is InChI=1S/C12H20P2/c1-7-11(9-13(3)4)12(8-2)10-14(5)6/h7-10H,1-2H2,3-6H3/b11-9-,12-10-. The number of hydrogen-bond acceptors (Lipinski definition) is 0. The highest BCUT2D eigenvalue weighted by Gasteiger charge is 1.99. The second-order valence-electron chi connectivity index (χ2n) is 3.50. The SMILES string of the molecule is C=CC(=C/P(C)C)/C(C=C)=C\P(C)C. The molecular weight excluding hydrogens is 206 g/mol. The zero-order valence-corrected chi connectivity index (χ0v) is 11.4. The van der Waals surface area contributed by atoms with Gasteiger partial charge in [0.05, 0.1) is 0 Å². The van der Waals surface area contributed by atoms with Gasteiger partial charge in [0.25, 0.3) is 0 Å². The zero-order chi connectivity index (χ0) is 11.1. The van der Waals surface area contributed by atoms with Crippen molar-refractivity contribution in [3.05, 3.63) is 48.1 Å². The van der Waals surface area contributed by atoms with E-state index in [2.05, 4.69) is 51.5 Å². The summed E-state index contributed by atoms with van der Waals surface area (Å²) in [6.45, 7) is 16.6. The Balaban J connectivity index is 4.98. The molecule has 0 radical (unpaired) electrons. The van der Waals surface area contributed by atoms with Crippen molar-refractivity contribution in [2.24, 2.45) is 0 Å². The van der Waals surface area contributed by atoms with Crippen molar-refractivity contribution >= 4 is 15.8 Å². The molecule has 0 aliphatic carbocycles. The molecule has 0 atom stereocenters. The minimum absolute atomic E-state index is 0.0235. The summed E-state index contributed by atoms with van der Waals surface area (Å²) in [4.78, 5) is 0. The fourth-order valence-electron chi connectivity index (χ4n) is 1.05. The highest BCUT2D eigenvalue weighted by Crippen LogP contribution is 2.35. The highest BCUT2D eigenvalue weighted by molar-refractivity contribution is 7.59. The van der Waals surface area contributed by atoms with Gasteiger partial charge in [0, 0.05) is 0 Å². The molecule has 0 saturated heterocycles. The molecule has 0 unspecified atom stereocenters. The first-order valence-electron chi connectivity index (χ1n) is 4.53. The normalized spacial score (nSPS) is 13.6. The lowest BCUT2D eigenvalue weighted by atomic mass is 10.1. The summed E-state index contributed by atoms with van der Waals surface area (Å²) in [5, 5.41) is 0. The molecule has 0 aliphatic rings. The molecule has 0 aromatic rings. The molecule has 0 nitrogen and oxygen atoms in total. The molecule has 0 saturated carbocycles. The second kappa shape index (κ2) is 7.16. The first-order chi connectivity index (χ1) is 6.51. The van der Waals surface area contributed by atoms with Crippen LogP contribution in [0.1, 0.15) is 0 Å². The van der Waals surface area contributed by atoms with Crippen molar-refractivity contribution in [1.29, 1.82) is 0 Å². The van der Waals surface area contributed by atoms with Gasteiger partial charge in [-0.3, -0.25) is 0 Å². The largest absolute Gasteiger partial charge is 0.0984 e. The van der Waals surface area contributed by atoms with Gasteiger partial charge in [0.15, 0.2) is 0 Å². The Morgan fingerprint density at radius 2 is 1.07 bits per heavy atom. The Bertz CT molecular complexity index is 229.